The fourth-order valence-corrected chi connectivity index (χ4v) is 2.56. The fraction of sp³-hybridized carbons (Fsp3) is 0.222. The van der Waals surface area contributed by atoms with Crippen molar-refractivity contribution in [2.24, 2.45) is 0 Å². The smallest absolute Gasteiger partial charge is 0.161 e. The predicted octanol–water partition coefficient (Wildman–Crippen LogP) is 4.47. The summed E-state index contributed by atoms with van der Waals surface area (Å²) in [4.78, 5) is 3.47. The van der Waals surface area contributed by atoms with Crippen LogP contribution in [0, 0.1) is 13.8 Å². The van der Waals surface area contributed by atoms with E-state index in [1.807, 2.05) is 18.2 Å². The van der Waals surface area contributed by atoms with Gasteiger partial charge >= 0.3 is 0 Å². The number of aromatic nitrogens is 1. The van der Waals surface area contributed by atoms with Crippen LogP contribution in [0.4, 0.5) is 0 Å². The quantitative estimate of drug-likeness (QED) is 0.768. The highest BCUT2D eigenvalue weighted by molar-refractivity contribution is 5.87. The van der Waals surface area contributed by atoms with Crippen LogP contribution < -0.4 is 9.47 Å². The number of rotatable bonds is 3. The molecule has 3 nitrogen and oxygen atoms in total. The lowest BCUT2D eigenvalue weighted by atomic mass is 10.1. The molecule has 0 radical (unpaired) electrons. The van der Waals surface area contributed by atoms with Gasteiger partial charge in [-0.1, -0.05) is 0 Å². The first-order chi connectivity index (χ1) is 10.1. The summed E-state index contributed by atoms with van der Waals surface area (Å²) < 4.78 is 10.7. The van der Waals surface area contributed by atoms with Gasteiger partial charge in [0.15, 0.2) is 11.5 Å². The Morgan fingerprint density at radius 3 is 2.24 bits per heavy atom. The predicted molar refractivity (Wildman–Crippen MR) is 86.3 cm³/mol. The highest BCUT2D eigenvalue weighted by Gasteiger charge is 2.09. The van der Waals surface area contributed by atoms with Crippen LogP contribution in [0.5, 0.6) is 11.5 Å². The molecule has 108 valence electrons. The summed E-state index contributed by atoms with van der Waals surface area (Å²) in [5.74, 6) is 1.48. The molecule has 1 heterocycles. The SMILES string of the molecule is COc1ccc(-c2cc3cc(C)c(C)cc3[nH]2)cc1OC. The molecule has 0 spiro atoms. The molecule has 0 aliphatic carbocycles. The second-order valence-corrected chi connectivity index (χ2v) is 5.28. The first-order valence-electron chi connectivity index (χ1n) is 6.94. The fourth-order valence-electron chi connectivity index (χ4n) is 2.56. The van der Waals surface area contributed by atoms with Crippen LogP contribution in [0.25, 0.3) is 22.2 Å². The minimum absolute atomic E-state index is 0.737. The van der Waals surface area contributed by atoms with Crippen molar-refractivity contribution in [3.05, 3.63) is 47.5 Å². The van der Waals surface area contributed by atoms with Gasteiger partial charge in [0.2, 0.25) is 0 Å². The normalized spacial score (nSPS) is 10.9. The summed E-state index contributed by atoms with van der Waals surface area (Å²) in [6.45, 7) is 4.27. The molecule has 0 unspecified atom stereocenters. The number of nitrogens with one attached hydrogen (secondary N) is 1. The van der Waals surface area contributed by atoms with E-state index < -0.39 is 0 Å². The highest BCUT2D eigenvalue weighted by atomic mass is 16.5. The molecule has 21 heavy (non-hydrogen) atoms. The molecule has 2 aromatic carbocycles. The van der Waals surface area contributed by atoms with E-state index in [4.69, 9.17) is 9.47 Å². The van der Waals surface area contributed by atoms with Crippen molar-refractivity contribution in [1.82, 2.24) is 4.98 Å². The van der Waals surface area contributed by atoms with Gasteiger partial charge in [-0.2, -0.15) is 0 Å². The van der Waals surface area contributed by atoms with E-state index >= 15 is 0 Å². The topological polar surface area (TPSA) is 34.2 Å². The second-order valence-electron chi connectivity index (χ2n) is 5.28. The van der Waals surface area contributed by atoms with E-state index in [0.29, 0.717) is 0 Å². The maximum absolute atomic E-state index is 5.37. The van der Waals surface area contributed by atoms with Crippen LogP contribution in [0.3, 0.4) is 0 Å². The Labute approximate surface area is 124 Å². The van der Waals surface area contributed by atoms with Crippen LogP contribution in [-0.2, 0) is 0 Å². The first-order valence-corrected chi connectivity index (χ1v) is 6.94. The molecule has 3 heteroatoms. The van der Waals surface area contributed by atoms with E-state index in [0.717, 1.165) is 28.3 Å². The summed E-state index contributed by atoms with van der Waals surface area (Å²) in [5.41, 5.74) is 5.92. The number of H-pyrrole nitrogens is 1. The highest BCUT2D eigenvalue weighted by Crippen LogP contribution is 2.33. The Hall–Kier alpha value is -2.42. The Morgan fingerprint density at radius 1 is 0.810 bits per heavy atom. The van der Waals surface area contributed by atoms with Crippen LogP contribution in [0.1, 0.15) is 11.1 Å². The Bertz CT molecular complexity index is 763. The van der Waals surface area contributed by atoms with Crippen molar-refractivity contribution < 1.29 is 9.47 Å². The van der Waals surface area contributed by atoms with Gasteiger partial charge in [-0.05, 0) is 61.4 Å². The third kappa shape index (κ3) is 2.35. The lowest BCUT2D eigenvalue weighted by Crippen LogP contribution is -1.90. The molecular weight excluding hydrogens is 262 g/mol. The van der Waals surface area contributed by atoms with E-state index in [1.165, 1.54) is 16.5 Å². The molecule has 3 aromatic rings. The number of benzene rings is 2. The molecule has 0 atom stereocenters. The Kier molecular flexibility index (Phi) is 3.34. The molecular formula is C18H19NO2. The van der Waals surface area contributed by atoms with Crippen LogP contribution in [-0.4, -0.2) is 19.2 Å². The zero-order chi connectivity index (χ0) is 15.0. The van der Waals surface area contributed by atoms with Crippen molar-refractivity contribution in [2.45, 2.75) is 13.8 Å². The van der Waals surface area contributed by atoms with Crippen molar-refractivity contribution >= 4 is 10.9 Å². The zero-order valence-electron chi connectivity index (χ0n) is 12.8. The average Bonchev–Trinajstić information content (AvgIpc) is 2.89. The number of hydrogen-bond acceptors (Lipinski definition) is 2. The van der Waals surface area contributed by atoms with E-state index in [9.17, 15) is 0 Å². The summed E-state index contributed by atoms with van der Waals surface area (Å²) in [6, 6.07) is 12.5. The van der Waals surface area contributed by atoms with Gasteiger partial charge in [-0.25, -0.2) is 0 Å². The zero-order valence-corrected chi connectivity index (χ0v) is 12.8. The van der Waals surface area contributed by atoms with Gasteiger partial charge in [-0.3, -0.25) is 0 Å². The first kappa shape index (κ1) is 13.6. The van der Waals surface area contributed by atoms with Gasteiger partial charge in [0, 0.05) is 22.2 Å². The molecule has 0 bridgehead atoms. The van der Waals surface area contributed by atoms with E-state index in [-0.39, 0.29) is 0 Å². The summed E-state index contributed by atoms with van der Waals surface area (Å²) in [5, 5.41) is 1.22. The molecule has 1 N–H and O–H groups in total. The summed E-state index contributed by atoms with van der Waals surface area (Å²) in [7, 11) is 3.30. The van der Waals surface area contributed by atoms with Crippen LogP contribution in [0.15, 0.2) is 36.4 Å². The maximum Gasteiger partial charge on any atom is 0.161 e. The molecule has 1 aromatic heterocycles. The Balaban J connectivity index is 2.12. The minimum atomic E-state index is 0.737. The monoisotopic (exact) mass is 281 g/mol. The van der Waals surface area contributed by atoms with Crippen molar-refractivity contribution in [3.63, 3.8) is 0 Å². The molecule has 0 saturated heterocycles. The second kappa shape index (κ2) is 5.17. The van der Waals surface area contributed by atoms with Gasteiger partial charge in [-0.15, -0.1) is 0 Å². The number of ether oxygens (including phenoxy) is 2. The van der Waals surface area contributed by atoms with E-state index in [2.05, 4.69) is 37.0 Å². The van der Waals surface area contributed by atoms with Gasteiger partial charge in [0.1, 0.15) is 0 Å². The van der Waals surface area contributed by atoms with E-state index in [1.54, 1.807) is 14.2 Å². The van der Waals surface area contributed by atoms with Crippen LogP contribution >= 0.6 is 0 Å². The van der Waals surface area contributed by atoms with Crippen molar-refractivity contribution in [1.29, 1.82) is 0 Å². The number of methoxy groups -OCH3 is 2. The maximum atomic E-state index is 5.37. The Morgan fingerprint density at radius 2 is 1.52 bits per heavy atom. The van der Waals surface area contributed by atoms with Crippen molar-refractivity contribution in [2.75, 3.05) is 14.2 Å². The standard InChI is InChI=1S/C18H19NO2/c1-11-7-14-9-16(19-15(14)8-12(11)2)13-5-6-17(20-3)18(10-13)21-4/h5-10,19H,1-4H3. The van der Waals surface area contributed by atoms with Gasteiger partial charge in [0.05, 0.1) is 14.2 Å². The molecule has 0 aliphatic heterocycles. The number of aromatic amines is 1. The largest absolute Gasteiger partial charge is 0.493 e. The van der Waals surface area contributed by atoms with Crippen LogP contribution in [0.2, 0.25) is 0 Å². The van der Waals surface area contributed by atoms with Gasteiger partial charge in [0.25, 0.3) is 0 Å². The number of fused-ring (bicyclic) bond motifs is 1. The number of hydrogen-bond donors (Lipinski definition) is 1. The third-order valence-electron chi connectivity index (χ3n) is 3.93. The summed E-state index contributed by atoms with van der Waals surface area (Å²) >= 11 is 0. The molecule has 3 rings (SSSR count). The third-order valence-corrected chi connectivity index (χ3v) is 3.93. The van der Waals surface area contributed by atoms with Gasteiger partial charge < -0.3 is 14.5 Å². The molecule has 0 saturated carbocycles. The summed E-state index contributed by atoms with van der Waals surface area (Å²) in [6.07, 6.45) is 0. The van der Waals surface area contributed by atoms with Crippen molar-refractivity contribution in [3.8, 4) is 22.8 Å². The number of aryl methyl sites for hydroxylation is 2. The molecule has 0 aliphatic rings. The lowest BCUT2D eigenvalue weighted by Gasteiger charge is -2.08. The lowest BCUT2D eigenvalue weighted by molar-refractivity contribution is 0.355. The minimum Gasteiger partial charge on any atom is -0.493 e. The average molecular weight is 281 g/mol. The molecule has 0 amide bonds. The molecule has 0 fully saturated rings.